The Morgan fingerprint density at radius 2 is 2.00 bits per heavy atom. The van der Waals surface area contributed by atoms with E-state index >= 15 is 0 Å². The minimum absolute atomic E-state index is 0.0213. The zero-order valence-electron chi connectivity index (χ0n) is 13.2. The van der Waals surface area contributed by atoms with Gasteiger partial charge in [0.05, 0.1) is 5.92 Å². The summed E-state index contributed by atoms with van der Waals surface area (Å²) in [6.45, 7) is 8.17. The van der Waals surface area contributed by atoms with E-state index in [0.29, 0.717) is 5.69 Å². The van der Waals surface area contributed by atoms with Crippen LogP contribution in [-0.2, 0) is 16.1 Å². The third-order valence-electron chi connectivity index (χ3n) is 4.70. The van der Waals surface area contributed by atoms with Crippen LogP contribution in [0.3, 0.4) is 0 Å². The number of hydrogen-bond donors (Lipinski definition) is 1. The van der Waals surface area contributed by atoms with Crippen molar-refractivity contribution in [1.82, 2.24) is 0 Å². The Labute approximate surface area is 141 Å². The SMILES string of the molecule is Cc1ccc(N)c(C)c1COC(=O)C1C(C=C(Cl)Cl)C1(C)C. The van der Waals surface area contributed by atoms with Crippen LogP contribution in [0.5, 0.6) is 0 Å². The molecule has 2 unspecified atom stereocenters. The smallest absolute Gasteiger partial charge is 0.310 e. The second kappa shape index (κ2) is 6.13. The number of rotatable bonds is 4. The highest BCUT2D eigenvalue weighted by molar-refractivity contribution is 6.55. The van der Waals surface area contributed by atoms with Crippen LogP contribution in [0.1, 0.15) is 30.5 Å². The van der Waals surface area contributed by atoms with Gasteiger partial charge in [-0.05, 0) is 54.0 Å². The number of ether oxygens (including phenoxy) is 1. The minimum Gasteiger partial charge on any atom is -0.461 e. The molecule has 1 fully saturated rings. The van der Waals surface area contributed by atoms with Crippen molar-refractivity contribution in [3.63, 3.8) is 0 Å². The maximum Gasteiger partial charge on any atom is 0.310 e. The van der Waals surface area contributed by atoms with Crippen molar-refractivity contribution in [3.05, 3.63) is 39.4 Å². The van der Waals surface area contributed by atoms with Gasteiger partial charge in [0, 0.05) is 5.69 Å². The molecule has 0 amide bonds. The van der Waals surface area contributed by atoms with Crippen LogP contribution in [0.4, 0.5) is 5.69 Å². The molecule has 1 saturated carbocycles. The fraction of sp³-hybridized carbons (Fsp3) is 0.471. The van der Waals surface area contributed by atoms with E-state index < -0.39 is 0 Å². The Bertz CT molecular complexity index is 634. The van der Waals surface area contributed by atoms with E-state index in [-0.39, 0.29) is 34.3 Å². The fourth-order valence-corrected chi connectivity index (χ4v) is 3.21. The average Bonchev–Trinajstić information content (AvgIpc) is 2.94. The van der Waals surface area contributed by atoms with E-state index in [2.05, 4.69) is 0 Å². The summed E-state index contributed by atoms with van der Waals surface area (Å²) in [5.74, 6) is -0.406. The average molecular weight is 342 g/mol. The second-order valence-corrected chi connectivity index (χ2v) is 7.47. The van der Waals surface area contributed by atoms with Gasteiger partial charge in [-0.3, -0.25) is 4.79 Å². The van der Waals surface area contributed by atoms with E-state index in [0.717, 1.165) is 16.7 Å². The van der Waals surface area contributed by atoms with Crippen molar-refractivity contribution in [2.45, 2.75) is 34.3 Å². The van der Waals surface area contributed by atoms with Crippen molar-refractivity contribution in [1.29, 1.82) is 0 Å². The minimum atomic E-state index is -0.220. The Morgan fingerprint density at radius 1 is 1.36 bits per heavy atom. The van der Waals surface area contributed by atoms with Gasteiger partial charge in [-0.1, -0.05) is 43.1 Å². The normalized spacial score (nSPS) is 22.1. The lowest BCUT2D eigenvalue weighted by Gasteiger charge is -2.13. The summed E-state index contributed by atoms with van der Waals surface area (Å²) in [5.41, 5.74) is 9.44. The molecule has 1 aliphatic carbocycles. The van der Waals surface area contributed by atoms with Crippen molar-refractivity contribution in [2.24, 2.45) is 17.3 Å². The van der Waals surface area contributed by atoms with Crippen LogP contribution < -0.4 is 5.73 Å². The summed E-state index contributed by atoms with van der Waals surface area (Å²) in [7, 11) is 0. The lowest BCUT2D eigenvalue weighted by Crippen LogP contribution is -2.12. The molecule has 0 spiro atoms. The number of anilines is 1. The molecule has 2 rings (SSSR count). The van der Waals surface area contributed by atoms with Crippen molar-refractivity contribution in [3.8, 4) is 0 Å². The first-order valence-corrected chi connectivity index (χ1v) is 7.96. The Balaban J connectivity index is 2.06. The van der Waals surface area contributed by atoms with Gasteiger partial charge in [0.25, 0.3) is 0 Å². The Kier molecular flexibility index (Phi) is 4.78. The number of halogens is 2. The number of hydrogen-bond acceptors (Lipinski definition) is 3. The standard InChI is InChI=1S/C17H21Cl2NO2/c1-9-5-6-13(20)10(2)11(9)8-22-16(21)15-12(7-14(18)19)17(15,3)4/h5-7,12,15H,8,20H2,1-4H3. The molecule has 2 N–H and O–H groups in total. The molecule has 22 heavy (non-hydrogen) atoms. The molecule has 5 heteroatoms. The monoisotopic (exact) mass is 341 g/mol. The maximum absolute atomic E-state index is 12.3. The van der Waals surface area contributed by atoms with E-state index in [9.17, 15) is 4.79 Å². The zero-order chi connectivity index (χ0) is 16.7. The summed E-state index contributed by atoms with van der Waals surface area (Å²) in [6.07, 6.45) is 1.71. The van der Waals surface area contributed by atoms with E-state index in [1.807, 2.05) is 39.8 Å². The summed E-state index contributed by atoms with van der Waals surface area (Å²) in [6, 6.07) is 3.80. The molecule has 1 aliphatic rings. The first kappa shape index (κ1) is 17.2. The summed E-state index contributed by atoms with van der Waals surface area (Å²) in [4.78, 5) is 12.3. The van der Waals surface area contributed by atoms with Gasteiger partial charge in [-0.25, -0.2) is 0 Å². The zero-order valence-corrected chi connectivity index (χ0v) is 14.8. The number of nitrogens with two attached hydrogens (primary N) is 1. The van der Waals surface area contributed by atoms with Crippen LogP contribution in [0.25, 0.3) is 0 Å². The molecule has 1 aromatic carbocycles. The molecule has 0 aromatic heterocycles. The molecular formula is C17H21Cl2NO2. The largest absolute Gasteiger partial charge is 0.461 e. The highest BCUT2D eigenvalue weighted by Crippen LogP contribution is 2.60. The molecule has 120 valence electrons. The van der Waals surface area contributed by atoms with Crippen molar-refractivity contribution >= 4 is 34.9 Å². The third kappa shape index (κ3) is 3.26. The van der Waals surface area contributed by atoms with Crippen LogP contribution in [0, 0.1) is 31.1 Å². The molecule has 0 saturated heterocycles. The Hall–Kier alpha value is -1.19. The summed E-state index contributed by atoms with van der Waals surface area (Å²) >= 11 is 11.4. The number of esters is 1. The second-order valence-electron chi connectivity index (χ2n) is 6.46. The quantitative estimate of drug-likeness (QED) is 0.646. The molecule has 3 nitrogen and oxygen atoms in total. The first-order valence-electron chi connectivity index (χ1n) is 7.20. The number of nitrogen functional groups attached to an aromatic ring is 1. The molecular weight excluding hydrogens is 321 g/mol. The lowest BCUT2D eigenvalue weighted by molar-refractivity contribution is -0.147. The molecule has 0 heterocycles. The van der Waals surface area contributed by atoms with Gasteiger partial charge < -0.3 is 10.5 Å². The third-order valence-corrected chi connectivity index (χ3v) is 4.96. The number of benzene rings is 1. The van der Waals surface area contributed by atoms with E-state index in [1.54, 1.807) is 6.08 Å². The fourth-order valence-electron chi connectivity index (χ4n) is 2.94. The summed E-state index contributed by atoms with van der Waals surface area (Å²) in [5, 5.41) is 0. The maximum atomic E-state index is 12.3. The molecule has 0 radical (unpaired) electrons. The number of carbonyl (C=O) groups is 1. The van der Waals surface area contributed by atoms with Crippen molar-refractivity contribution < 1.29 is 9.53 Å². The molecule has 2 atom stereocenters. The topological polar surface area (TPSA) is 52.3 Å². The summed E-state index contributed by atoms with van der Waals surface area (Å²) < 4.78 is 5.70. The van der Waals surface area contributed by atoms with E-state index in [4.69, 9.17) is 33.7 Å². The van der Waals surface area contributed by atoms with Gasteiger partial charge in [0.15, 0.2) is 0 Å². The van der Waals surface area contributed by atoms with Crippen LogP contribution in [-0.4, -0.2) is 5.97 Å². The van der Waals surface area contributed by atoms with Crippen LogP contribution in [0.2, 0.25) is 0 Å². The Morgan fingerprint density at radius 3 is 2.59 bits per heavy atom. The highest BCUT2D eigenvalue weighted by atomic mass is 35.5. The van der Waals surface area contributed by atoms with Crippen LogP contribution >= 0.6 is 23.2 Å². The predicted molar refractivity (Wildman–Crippen MR) is 90.7 cm³/mol. The first-order chi connectivity index (χ1) is 10.2. The number of allylic oxidation sites excluding steroid dienone is 1. The molecule has 0 aliphatic heterocycles. The number of carbonyl (C=O) groups excluding carboxylic acids is 1. The number of aryl methyl sites for hydroxylation is 1. The predicted octanol–water partition coefficient (Wildman–Crippen LogP) is 4.52. The van der Waals surface area contributed by atoms with E-state index in [1.165, 1.54) is 0 Å². The van der Waals surface area contributed by atoms with Crippen LogP contribution in [0.15, 0.2) is 22.7 Å². The van der Waals surface area contributed by atoms with Gasteiger partial charge in [0.2, 0.25) is 0 Å². The lowest BCUT2D eigenvalue weighted by atomic mass is 10.0. The van der Waals surface area contributed by atoms with Gasteiger partial charge in [0.1, 0.15) is 11.1 Å². The highest BCUT2D eigenvalue weighted by Gasteiger charge is 2.61. The van der Waals surface area contributed by atoms with Crippen molar-refractivity contribution in [2.75, 3.05) is 5.73 Å². The van der Waals surface area contributed by atoms with Gasteiger partial charge in [-0.15, -0.1) is 0 Å². The molecule has 0 bridgehead atoms. The van der Waals surface area contributed by atoms with Gasteiger partial charge >= 0.3 is 5.97 Å². The van der Waals surface area contributed by atoms with Gasteiger partial charge in [-0.2, -0.15) is 0 Å². The molecule has 1 aromatic rings.